The standard InChI is InChI=1S/C16H14FN3O/c1-11-4-2-6-13(15(11)17)16(21)20-14-10-12(5-3-8-18)7-9-19-14/h2,4,6-7,9-10H,8,18H2,1H3,(H,19,20,21). The van der Waals surface area contributed by atoms with Crippen molar-refractivity contribution >= 4 is 11.7 Å². The average Bonchev–Trinajstić information content (AvgIpc) is 2.48. The van der Waals surface area contributed by atoms with Crippen LogP contribution in [0, 0.1) is 24.6 Å². The second-order valence-corrected chi connectivity index (χ2v) is 4.33. The molecule has 1 amide bonds. The Bertz CT molecular complexity index is 732. The lowest BCUT2D eigenvalue weighted by Gasteiger charge is -2.07. The van der Waals surface area contributed by atoms with Crippen LogP contribution < -0.4 is 11.1 Å². The van der Waals surface area contributed by atoms with Crippen LogP contribution in [0.15, 0.2) is 36.5 Å². The number of aromatic nitrogens is 1. The molecule has 106 valence electrons. The van der Waals surface area contributed by atoms with Crippen molar-refractivity contribution in [3.63, 3.8) is 0 Å². The van der Waals surface area contributed by atoms with E-state index < -0.39 is 11.7 Å². The van der Waals surface area contributed by atoms with E-state index in [0.717, 1.165) is 0 Å². The van der Waals surface area contributed by atoms with Crippen molar-refractivity contribution in [3.05, 3.63) is 59.0 Å². The summed E-state index contributed by atoms with van der Waals surface area (Å²) in [6.07, 6.45) is 1.52. The van der Waals surface area contributed by atoms with Crippen LogP contribution in [0.25, 0.3) is 0 Å². The number of anilines is 1. The monoisotopic (exact) mass is 283 g/mol. The summed E-state index contributed by atoms with van der Waals surface area (Å²) in [6, 6.07) is 7.97. The number of carbonyl (C=O) groups excluding carboxylic acids is 1. The molecule has 5 heteroatoms. The van der Waals surface area contributed by atoms with Crippen molar-refractivity contribution in [2.45, 2.75) is 6.92 Å². The molecular formula is C16H14FN3O. The molecule has 2 rings (SSSR count). The molecule has 0 aliphatic carbocycles. The smallest absolute Gasteiger partial charge is 0.259 e. The lowest BCUT2D eigenvalue weighted by Crippen LogP contribution is -2.15. The van der Waals surface area contributed by atoms with Gasteiger partial charge in [0.25, 0.3) is 5.91 Å². The third-order valence-corrected chi connectivity index (χ3v) is 2.77. The molecule has 0 saturated heterocycles. The summed E-state index contributed by atoms with van der Waals surface area (Å²) in [5, 5.41) is 2.55. The van der Waals surface area contributed by atoms with Crippen molar-refractivity contribution in [3.8, 4) is 11.8 Å². The van der Waals surface area contributed by atoms with E-state index in [-0.39, 0.29) is 12.1 Å². The number of nitrogens with two attached hydrogens (primary N) is 1. The first-order valence-corrected chi connectivity index (χ1v) is 6.33. The summed E-state index contributed by atoms with van der Waals surface area (Å²) in [7, 11) is 0. The highest BCUT2D eigenvalue weighted by molar-refractivity contribution is 6.04. The minimum atomic E-state index is -0.548. The van der Waals surface area contributed by atoms with Crippen LogP contribution in [0.2, 0.25) is 0 Å². The molecule has 21 heavy (non-hydrogen) atoms. The third kappa shape index (κ3) is 3.65. The van der Waals surface area contributed by atoms with Crippen LogP contribution in [0.4, 0.5) is 10.2 Å². The molecule has 0 saturated carbocycles. The molecule has 4 nitrogen and oxygen atoms in total. The van der Waals surface area contributed by atoms with Gasteiger partial charge in [0.2, 0.25) is 0 Å². The SMILES string of the molecule is Cc1cccc(C(=O)Nc2cc(C#CCN)ccn2)c1F. The Balaban J connectivity index is 2.22. The molecule has 1 aromatic carbocycles. The Morgan fingerprint density at radius 1 is 1.43 bits per heavy atom. The number of carbonyl (C=O) groups is 1. The lowest BCUT2D eigenvalue weighted by atomic mass is 10.1. The van der Waals surface area contributed by atoms with Crippen molar-refractivity contribution in [2.75, 3.05) is 11.9 Å². The summed E-state index contributed by atoms with van der Waals surface area (Å²) in [6.45, 7) is 1.85. The normalized spacial score (nSPS) is 9.67. The van der Waals surface area contributed by atoms with Gasteiger partial charge in [-0.25, -0.2) is 9.37 Å². The quantitative estimate of drug-likeness (QED) is 0.829. The third-order valence-electron chi connectivity index (χ3n) is 2.77. The predicted molar refractivity (Wildman–Crippen MR) is 79.3 cm³/mol. The number of hydrogen-bond acceptors (Lipinski definition) is 3. The first-order chi connectivity index (χ1) is 10.1. The van der Waals surface area contributed by atoms with Gasteiger partial charge in [0.05, 0.1) is 12.1 Å². The van der Waals surface area contributed by atoms with E-state index in [0.29, 0.717) is 16.9 Å². The number of benzene rings is 1. The van der Waals surface area contributed by atoms with Crippen LogP contribution in [-0.2, 0) is 0 Å². The van der Waals surface area contributed by atoms with E-state index in [1.54, 1.807) is 31.2 Å². The highest BCUT2D eigenvalue weighted by atomic mass is 19.1. The van der Waals surface area contributed by atoms with Crippen LogP contribution in [0.3, 0.4) is 0 Å². The molecule has 0 atom stereocenters. The fraction of sp³-hybridized carbons (Fsp3) is 0.125. The summed E-state index contributed by atoms with van der Waals surface area (Å²) in [5.41, 5.74) is 6.37. The predicted octanol–water partition coefficient (Wildman–Crippen LogP) is 2.09. The molecule has 3 N–H and O–H groups in total. The van der Waals surface area contributed by atoms with Gasteiger partial charge in [0, 0.05) is 11.8 Å². The first-order valence-electron chi connectivity index (χ1n) is 6.33. The maximum Gasteiger partial charge on any atom is 0.259 e. The largest absolute Gasteiger partial charge is 0.320 e. The van der Waals surface area contributed by atoms with Gasteiger partial charge in [-0.1, -0.05) is 24.0 Å². The van der Waals surface area contributed by atoms with Crippen molar-refractivity contribution in [1.82, 2.24) is 4.98 Å². The molecule has 1 aromatic heterocycles. The van der Waals surface area contributed by atoms with Gasteiger partial charge < -0.3 is 11.1 Å². The molecule has 0 spiro atoms. The lowest BCUT2D eigenvalue weighted by molar-refractivity contribution is 0.102. The first kappa shape index (κ1) is 14.7. The zero-order valence-electron chi connectivity index (χ0n) is 11.5. The van der Waals surface area contributed by atoms with Crippen LogP contribution in [0.5, 0.6) is 0 Å². The van der Waals surface area contributed by atoms with Gasteiger partial charge >= 0.3 is 0 Å². The Morgan fingerprint density at radius 3 is 3.00 bits per heavy atom. The number of hydrogen-bond donors (Lipinski definition) is 2. The number of nitrogens with one attached hydrogen (secondary N) is 1. The minimum Gasteiger partial charge on any atom is -0.320 e. The average molecular weight is 283 g/mol. The fourth-order valence-corrected chi connectivity index (χ4v) is 1.74. The molecule has 0 bridgehead atoms. The highest BCUT2D eigenvalue weighted by Gasteiger charge is 2.13. The molecule has 0 unspecified atom stereocenters. The molecule has 2 aromatic rings. The van der Waals surface area contributed by atoms with Crippen molar-refractivity contribution < 1.29 is 9.18 Å². The molecule has 0 aliphatic rings. The summed E-state index contributed by atoms with van der Waals surface area (Å²) in [4.78, 5) is 16.1. The van der Waals surface area contributed by atoms with Crippen molar-refractivity contribution in [2.24, 2.45) is 5.73 Å². The van der Waals surface area contributed by atoms with Crippen LogP contribution in [0.1, 0.15) is 21.5 Å². The van der Waals surface area contributed by atoms with Crippen LogP contribution >= 0.6 is 0 Å². The zero-order valence-corrected chi connectivity index (χ0v) is 11.5. The van der Waals surface area contributed by atoms with Gasteiger partial charge in [-0.15, -0.1) is 0 Å². The van der Waals surface area contributed by atoms with E-state index in [4.69, 9.17) is 5.73 Å². The van der Waals surface area contributed by atoms with E-state index in [2.05, 4.69) is 22.1 Å². The maximum atomic E-state index is 13.9. The Kier molecular flexibility index (Phi) is 4.64. The van der Waals surface area contributed by atoms with Gasteiger partial charge in [-0.05, 0) is 30.7 Å². The fourth-order valence-electron chi connectivity index (χ4n) is 1.74. The van der Waals surface area contributed by atoms with E-state index in [1.165, 1.54) is 12.3 Å². The maximum absolute atomic E-state index is 13.9. The molecule has 0 radical (unpaired) electrons. The number of aryl methyl sites for hydroxylation is 1. The molecule has 0 fully saturated rings. The second kappa shape index (κ2) is 6.64. The molecule has 1 heterocycles. The van der Waals surface area contributed by atoms with Gasteiger partial charge in [-0.3, -0.25) is 4.79 Å². The summed E-state index contributed by atoms with van der Waals surface area (Å²) in [5.74, 6) is 4.78. The highest BCUT2D eigenvalue weighted by Crippen LogP contribution is 2.14. The molecule has 0 aliphatic heterocycles. The van der Waals surface area contributed by atoms with E-state index >= 15 is 0 Å². The number of pyridine rings is 1. The Labute approximate surface area is 122 Å². The number of nitrogens with zero attached hydrogens (tertiary/aromatic N) is 1. The molecular weight excluding hydrogens is 269 g/mol. The van der Waals surface area contributed by atoms with Crippen LogP contribution in [-0.4, -0.2) is 17.4 Å². The summed E-state index contributed by atoms with van der Waals surface area (Å²) >= 11 is 0. The summed E-state index contributed by atoms with van der Waals surface area (Å²) < 4.78 is 13.9. The zero-order chi connectivity index (χ0) is 15.2. The Morgan fingerprint density at radius 2 is 2.24 bits per heavy atom. The van der Waals surface area contributed by atoms with Crippen molar-refractivity contribution in [1.29, 1.82) is 0 Å². The number of amides is 1. The topological polar surface area (TPSA) is 68.0 Å². The second-order valence-electron chi connectivity index (χ2n) is 4.33. The number of rotatable bonds is 2. The van der Waals surface area contributed by atoms with E-state index in [1.807, 2.05) is 0 Å². The van der Waals surface area contributed by atoms with Gasteiger partial charge in [0.15, 0.2) is 0 Å². The van der Waals surface area contributed by atoms with Gasteiger partial charge in [-0.2, -0.15) is 0 Å². The minimum absolute atomic E-state index is 0.0183. The number of halogens is 1. The Hall–Kier alpha value is -2.71. The van der Waals surface area contributed by atoms with E-state index in [9.17, 15) is 9.18 Å². The van der Waals surface area contributed by atoms with Gasteiger partial charge in [0.1, 0.15) is 11.6 Å².